The maximum absolute atomic E-state index is 4.61. The molecule has 2 heterocycles. The summed E-state index contributed by atoms with van der Waals surface area (Å²) in [4.78, 5) is 7.21. The normalized spacial score (nSPS) is 13.0. The van der Waals surface area contributed by atoms with Gasteiger partial charge in [0, 0.05) is 9.75 Å². The zero-order chi connectivity index (χ0) is 11.7. The molecule has 0 amide bonds. The largest absolute Gasteiger partial charge is 0.307 e. The summed E-state index contributed by atoms with van der Waals surface area (Å²) in [5, 5.41) is 4.47. The summed E-state index contributed by atoms with van der Waals surface area (Å²) in [6.07, 6.45) is 0. The van der Waals surface area contributed by atoms with Crippen molar-refractivity contribution in [2.45, 2.75) is 19.9 Å². The molecule has 1 atom stereocenters. The predicted octanol–water partition coefficient (Wildman–Crippen LogP) is 3.89. The van der Waals surface area contributed by atoms with Crippen LogP contribution in [0.25, 0.3) is 0 Å². The fraction of sp³-hybridized carbons (Fsp3) is 0.364. The van der Waals surface area contributed by atoms with Gasteiger partial charge in [-0.15, -0.1) is 22.7 Å². The Morgan fingerprint density at radius 1 is 1.31 bits per heavy atom. The topological polar surface area (TPSA) is 24.9 Å². The lowest BCUT2D eigenvalue weighted by atomic mass is 10.2. The Labute approximate surface area is 112 Å². The summed E-state index contributed by atoms with van der Waals surface area (Å²) in [6, 6.07) is 4.44. The highest BCUT2D eigenvalue weighted by molar-refractivity contribution is 9.11. The van der Waals surface area contributed by atoms with Crippen LogP contribution in [-0.2, 0) is 0 Å². The quantitative estimate of drug-likeness (QED) is 0.929. The maximum atomic E-state index is 4.61. The van der Waals surface area contributed by atoms with Gasteiger partial charge in [-0.2, -0.15) is 0 Å². The van der Waals surface area contributed by atoms with Crippen molar-refractivity contribution in [3.8, 4) is 0 Å². The van der Waals surface area contributed by atoms with Gasteiger partial charge in [0.1, 0.15) is 5.01 Å². The predicted molar refractivity (Wildman–Crippen MR) is 74.5 cm³/mol. The Kier molecular flexibility index (Phi) is 3.79. The van der Waals surface area contributed by atoms with Crippen molar-refractivity contribution in [2.75, 3.05) is 7.05 Å². The minimum Gasteiger partial charge on any atom is -0.307 e. The lowest BCUT2D eigenvalue weighted by molar-refractivity contribution is 0.696. The molecule has 2 nitrogen and oxygen atoms in total. The molecule has 5 heteroatoms. The number of thiazole rings is 1. The number of aryl methyl sites for hydroxylation is 2. The van der Waals surface area contributed by atoms with E-state index in [1.807, 2.05) is 7.05 Å². The summed E-state index contributed by atoms with van der Waals surface area (Å²) >= 11 is 7.02. The average Bonchev–Trinajstić information content (AvgIpc) is 2.77. The maximum Gasteiger partial charge on any atom is 0.115 e. The summed E-state index contributed by atoms with van der Waals surface area (Å²) in [6.45, 7) is 4.18. The molecule has 0 radical (unpaired) electrons. The van der Waals surface area contributed by atoms with Crippen molar-refractivity contribution in [2.24, 2.45) is 0 Å². The SMILES string of the molecule is CNC(c1ccc(Br)s1)c1nc(C)c(C)s1. The zero-order valence-corrected chi connectivity index (χ0v) is 12.6. The first-order chi connectivity index (χ1) is 7.61. The van der Waals surface area contributed by atoms with Crippen LogP contribution in [0.5, 0.6) is 0 Å². The Bertz CT molecular complexity index is 470. The van der Waals surface area contributed by atoms with Crippen LogP contribution in [-0.4, -0.2) is 12.0 Å². The van der Waals surface area contributed by atoms with Crippen molar-refractivity contribution >= 4 is 38.6 Å². The van der Waals surface area contributed by atoms with E-state index in [1.165, 1.54) is 9.75 Å². The molecule has 0 spiro atoms. The third-order valence-electron chi connectivity index (χ3n) is 2.46. The third kappa shape index (κ3) is 2.37. The van der Waals surface area contributed by atoms with E-state index in [4.69, 9.17) is 0 Å². The molecule has 1 N–H and O–H groups in total. The second kappa shape index (κ2) is 4.96. The highest BCUT2D eigenvalue weighted by atomic mass is 79.9. The van der Waals surface area contributed by atoms with Crippen molar-refractivity contribution in [1.29, 1.82) is 0 Å². The number of hydrogen-bond acceptors (Lipinski definition) is 4. The molecule has 2 rings (SSSR count). The molecule has 0 saturated carbocycles. The van der Waals surface area contributed by atoms with Crippen LogP contribution < -0.4 is 5.32 Å². The molecule has 2 aromatic heterocycles. The molecular formula is C11H13BrN2S2. The average molecular weight is 317 g/mol. The zero-order valence-electron chi connectivity index (χ0n) is 9.37. The summed E-state index contributed by atoms with van der Waals surface area (Å²) in [5.41, 5.74) is 1.14. The molecule has 0 aliphatic rings. The molecule has 0 fully saturated rings. The van der Waals surface area contributed by atoms with Gasteiger partial charge in [0.15, 0.2) is 0 Å². The smallest absolute Gasteiger partial charge is 0.115 e. The highest BCUT2D eigenvalue weighted by Crippen LogP contribution is 2.33. The lowest BCUT2D eigenvalue weighted by Crippen LogP contribution is -2.16. The van der Waals surface area contributed by atoms with E-state index in [2.05, 4.69) is 52.2 Å². The number of halogens is 1. The number of thiophene rings is 1. The number of nitrogens with zero attached hydrogens (tertiary/aromatic N) is 1. The number of aromatic nitrogens is 1. The second-order valence-corrected chi connectivity index (χ2v) is 7.29. The molecule has 1 unspecified atom stereocenters. The van der Waals surface area contributed by atoms with Crippen LogP contribution in [0.3, 0.4) is 0 Å². The standard InChI is InChI=1S/C11H13BrN2S2/c1-6-7(2)15-11(14-6)10(13-3)8-4-5-9(12)16-8/h4-5,10,13H,1-3H3. The fourth-order valence-corrected chi connectivity index (χ4v) is 4.16. The first kappa shape index (κ1) is 12.2. The van der Waals surface area contributed by atoms with E-state index in [0.29, 0.717) is 0 Å². The Morgan fingerprint density at radius 2 is 2.06 bits per heavy atom. The van der Waals surface area contributed by atoms with Crippen LogP contribution in [0.15, 0.2) is 15.9 Å². The summed E-state index contributed by atoms with van der Waals surface area (Å²) in [5.74, 6) is 0. The number of nitrogens with one attached hydrogen (secondary N) is 1. The Morgan fingerprint density at radius 3 is 2.50 bits per heavy atom. The molecular weight excluding hydrogens is 304 g/mol. The van der Waals surface area contributed by atoms with Gasteiger partial charge in [0.05, 0.1) is 15.5 Å². The van der Waals surface area contributed by atoms with Crippen molar-refractivity contribution in [3.05, 3.63) is 36.4 Å². The Balaban J connectivity index is 2.36. The van der Waals surface area contributed by atoms with Gasteiger partial charge < -0.3 is 5.32 Å². The first-order valence-electron chi connectivity index (χ1n) is 4.98. The number of hydrogen-bond donors (Lipinski definition) is 1. The van der Waals surface area contributed by atoms with Gasteiger partial charge >= 0.3 is 0 Å². The summed E-state index contributed by atoms with van der Waals surface area (Å²) < 4.78 is 1.16. The number of rotatable bonds is 3. The van der Waals surface area contributed by atoms with Crippen LogP contribution in [0, 0.1) is 13.8 Å². The van der Waals surface area contributed by atoms with Crippen LogP contribution >= 0.6 is 38.6 Å². The molecule has 0 bridgehead atoms. The minimum absolute atomic E-state index is 0.216. The Hall–Kier alpha value is -0.230. The van der Waals surface area contributed by atoms with Crippen molar-refractivity contribution < 1.29 is 0 Å². The van der Waals surface area contributed by atoms with Gasteiger partial charge in [-0.05, 0) is 49.0 Å². The van der Waals surface area contributed by atoms with Gasteiger partial charge in [-0.3, -0.25) is 0 Å². The van der Waals surface area contributed by atoms with E-state index in [0.717, 1.165) is 14.5 Å². The summed E-state index contributed by atoms with van der Waals surface area (Å²) in [7, 11) is 1.98. The first-order valence-corrected chi connectivity index (χ1v) is 7.41. The third-order valence-corrected chi connectivity index (χ3v) is 5.29. The molecule has 0 aliphatic heterocycles. The fourth-order valence-electron chi connectivity index (χ4n) is 1.49. The molecule has 86 valence electrons. The lowest BCUT2D eigenvalue weighted by Gasteiger charge is -2.10. The minimum atomic E-state index is 0.216. The van der Waals surface area contributed by atoms with Gasteiger partial charge in [-0.25, -0.2) is 4.98 Å². The van der Waals surface area contributed by atoms with Crippen molar-refractivity contribution in [1.82, 2.24) is 10.3 Å². The highest BCUT2D eigenvalue weighted by Gasteiger charge is 2.18. The van der Waals surface area contributed by atoms with E-state index < -0.39 is 0 Å². The van der Waals surface area contributed by atoms with Crippen LogP contribution in [0.1, 0.15) is 26.5 Å². The molecule has 16 heavy (non-hydrogen) atoms. The van der Waals surface area contributed by atoms with Gasteiger partial charge in [0.25, 0.3) is 0 Å². The molecule has 0 aliphatic carbocycles. The van der Waals surface area contributed by atoms with E-state index in [1.54, 1.807) is 22.7 Å². The van der Waals surface area contributed by atoms with E-state index in [-0.39, 0.29) is 6.04 Å². The van der Waals surface area contributed by atoms with Gasteiger partial charge in [0.2, 0.25) is 0 Å². The van der Waals surface area contributed by atoms with Crippen LogP contribution in [0.2, 0.25) is 0 Å². The van der Waals surface area contributed by atoms with E-state index >= 15 is 0 Å². The monoisotopic (exact) mass is 316 g/mol. The second-order valence-electron chi connectivity index (χ2n) is 3.56. The van der Waals surface area contributed by atoms with E-state index in [9.17, 15) is 0 Å². The molecule has 2 aromatic rings. The van der Waals surface area contributed by atoms with Crippen LogP contribution in [0.4, 0.5) is 0 Å². The molecule has 0 aromatic carbocycles. The molecule has 0 saturated heterocycles. The van der Waals surface area contributed by atoms with Crippen molar-refractivity contribution in [3.63, 3.8) is 0 Å². The van der Waals surface area contributed by atoms with Gasteiger partial charge in [-0.1, -0.05) is 0 Å².